The smallest absolute Gasteiger partial charge is 0.252 e. The zero-order valence-electron chi connectivity index (χ0n) is 10.8. The molecule has 0 fully saturated rings. The van der Waals surface area contributed by atoms with Crippen LogP contribution < -0.4 is 5.32 Å². The molecule has 0 aliphatic carbocycles. The monoisotopic (exact) mass is 319 g/mol. The van der Waals surface area contributed by atoms with Gasteiger partial charge in [-0.3, -0.25) is 0 Å². The van der Waals surface area contributed by atoms with Gasteiger partial charge in [-0.2, -0.15) is 5.26 Å². The zero-order chi connectivity index (χ0) is 13.8. The minimum absolute atomic E-state index is 0.169. The third kappa shape index (κ3) is 3.40. The Kier molecular flexibility index (Phi) is 4.30. The van der Waals surface area contributed by atoms with E-state index in [4.69, 9.17) is 5.26 Å². The highest BCUT2D eigenvalue weighted by molar-refractivity contribution is 9.10. The summed E-state index contributed by atoms with van der Waals surface area (Å²) in [6.45, 7) is 4.94. The molecule has 1 heterocycles. The van der Waals surface area contributed by atoms with Crippen molar-refractivity contribution in [1.82, 2.24) is 20.1 Å². The highest BCUT2D eigenvalue weighted by atomic mass is 79.9. The molecule has 0 saturated heterocycles. The van der Waals surface area contributed by atoms with Gasteiger partial charge in [0.15, 0.2) is 0 Å². The van der Waals surface area contributed by atoms with Gasteiger partial charge in [0.1, 0.15) is 12.4 Å². The van der Waals surface area contributed by atoms with E-state index < -0.39 is 0 Å². The van der Waals surface area contributed by atoms with Crippen molar-refractivity contribution in [3.05, 3.63) is 40.4 Å². The summed E-state index contributed by atoms with van der Waals surface area (Å²) in [4.78, 5) is 3.93. The molecule has 19 heavy (non-hydrogen) atoms. The molecule has 1 aromatic carbocycles. The number of benzene rings is 1. The van der Waals surface area contributed by atoms with Crippen LogP contribution in [0.4, 0.5) is 0 Å². The molecule has 0 spiro atoms. The maximum absolute atomic E-state index is 8.79. The van der Waals surface area contributed by atoms with Crippen molar-refractivity contribution < 1.29 is 0 Å². The van der Waals surface area contributed by atoms with E-state index in [-0.39, 0.29) is 5.82 Å². The van der Waals surface area contributed by atoms with Crippen LogP contribution in [0.15, 0.2) is 29.0 Å². The summed E-state index contributed by atoms with van der Waals surface area (Å²) in [6, 6.07) is 8.32. The number of nitriles is 1. The molecule has 0 aliphatic heterocycles. The van der Waals surface area contributed by atoms with Crippen LogP contribution >= 0.6 is 15.9 Å². The lowest BCUT2D eigenvalue weighted by Gasteiger charge is -2.12. The quantitative estimate of drug-likeness (QED) is 0.939. The molecule has 0 bridgehead atoms. The van der Waals surface area contributed by atoms with Crippen LogP contribution in [0, 0.1) is 11.3 Å². The summed E-state index contributed by atoms with van der Waals surface area (Å²) >= 11 is 3.45. The Labute approximate surface area is 120 Å². The summed E-state index contributed by atoms with van der Waals surface area (Å²) < 4.78 is 2.59. The average molecular weight is 320 g/mol. The number of halogens is 1. The van der Waals surface area contributed by atoms with Gasteiger partial charge in [0.2, 0.25) is 0 Å². The molecule has 0 unspecified atom stereocenters. The number of nitrogens with one attached hydrogen (secondary N) is 1. The second-order valence-corrected chi connectivity index (χ2v) is 5.35. The Morgan fingerprint density at radius 3 is 2.89 bits per heavy atom. The van der Waals surface area contributed by atoms with Crippen molar-refractivity contribution in [3.63, 3.8) is 0 Å². The Bertz CT molecular complexity index is 612. The molecule has 1 aromatic heterocycles. The number of hydrogen-bond donors (Lipinski definition) is 1. The first-order chi connectivity index (χ1) is 9.10. The normalized spacial score (nSPS) is 10.7. The highest BCUT2D eigenvalue weighted by Crippen LogP contribution is 2.20. The van der Waals surface area contributed by atoms with Gasteiger partial charge in [0.05, 0.1) is 5.69 Å². The first-order valence-corrected chi connectivity index (χ1v) is 6.73. The molecule has 2 rings (SSSR count). The topological polar surface area (TPSA) is 66.5 Å². The molecule has 0 aliphatic rings. The number of hydrogen-bond acceptors (Lipinski definition) is 4. The highest BCUT2D eigenvalue weighted by Gasteiger charge is 2.08. The van der Waals surface area contributed by atoms with Gasteiger partial charge in [0, 0.05) is 17.1 Å². The zero-order valence-corrected chi connectivity index (χ0v) is 12.3. The first kappa shape index (κ1) is 13.7. The van der Waals surface area contributed by atoms with E-state index in [1.807, 2.05) is 24.3 Å². The van der Waals surface area contributed by atoms with E-state index in [9.17, 15) is 0 Å². The van der Waals surface area contributed by atoms with Crippen LogP contribution in [-0.4, -0.2) is 20.8 Å². The van der Waals surface area contributed by atoms with Crippen molar-refractivity contribution in [3.8, 4) is 11.8 Å². The molecule has 1 N–H and O–H groups in total. The molecule has 98 valence electrons. The third-order valence-electron chi connectivity index (χ3n) is 2.59. The second kappa shape index (κ2) is 5.95. The molecule has 0 amide bonds. The van der Waals surface area contributed by atoms with Gasteiger partial charge < -0.3 is 5.32 Å². The fraction of sp³-hybridized carbons (Fsp3) is 0.308. The van der Waals surface area contributed by atoms with Crippen LogP contribution in [0.5, 0.6) is 0 Å². The summed E-state index contributed by atoms with van der Waals surface area (Å²) in [5.41, 5.74) is 2.02. The van der Waals surface area contributed by atoms with Crippen LogP contribution in [-0.2, 0) is 6.54 Å². The summed E-state index contributed by atoms with van der Waals surface area (Å²) in [5, 5.41) is 16.3. The minimum atomic E-state index is 0.169. The van der Waals surface area contributed by atoms with Crippen LogP contribution in [0.1, 0.15) is 25.2 Å². The largest absolute Gasteiger partial charge is 0.310 e. The molecule has 5 nitrogen and oxygen atoms in total. The van der Waals surface area contributed by atoms with E-state index in [0.29, 0.717) is 6.04 Å². The van der Waals surface area contributed by atoms with Crippen LogP contribution in [0.25, 0.3) is 5.69 Å². The van der Waals surface area contributed by atoms with Gasteiger partial charge in [-0.1, -0.05) is 35.8 Å². The lowest BCUT2D eigenvalue weighted by atomic mass is 10.1. The summed E-state index contributed by atoms with van der Waals surface area (Å²) in [5.74, 6) is 0.169. The predicted octanol–water partition coefficient (Wildman–Crippen LogP) is 2.40. The number of nitrogens with zero attached hydrogens (tertiary/aromatic N) is 4. The maximum Gasteiger partial charge on any atom is 0.252 e. The summed E-state index contributed by atoms with van der Waals surface area (Å²) in [7, 11) is 0. The van der Waals surface area contributed by atoms with Crippen molar-refractivity contribution >= 4 is 15.9 Å². The molecular weight excluding hydrogens is 306 g/mol. The molecule has 0 radical (unpaired) electrons. The van der Waals surface area contributed by atoms with E-state index in [0.717, 1.165) is 22.3 Å². The van der Waals surface area contributed by atoms with Crippen molar-refractivity contribution in [1.29, 1.82) is 5.26 Å². The maximum atomic E-state index is 8.79. The molecule has 2 aromatic rings. The lowest BCUT2D eigenvalue weighted by Crippen LogP contribution is -2.22. The van der Waals surface area contributed by atoms with Crippen molar-refractivity contribution in [2.24, 2.45) is 0 Å². The van der Waals surface area contributed by atoms with Gasteiger partial charge in [-0.25, -0.2) is 9.67 Å². The van der Waals surface area contributed by atoms with Crippen molar-refractivity contribution in [2.75, 3.05) is 0 Å². The van der Waals surface area contributed by atoms with E-state index in [2.05, 4.69) is 45.2 Å². The van der Waals surface area contributed by atoms with Crippen LogP contribution in [0.2, 0.25) is 0 Å². The Morgan fingerprint density at radius 1 is 1.47 bits per heavy atom. The van der Waals surface area contributed by atoms with Gasteiger partial charge in [-0.05, 0) is 17.7 Å². The fourth-order valence-electron chi connectivity index (χ4n) is 1.64. The van der Waals surface area contributed by atoms with E-state index in [1.54, 1.807) is 11.0 Å². The molecule has 0 saturated carbocycles. The van der Waals surface area contributed by atoms with Gasteiger partial charge in [0.25, 0.3) is 5.82 Å². The Balaban J connectivity index is 2.37. The van der Waals surface area contributed by atoms with Gasteiger partial charge in [-0.15, -0.1) is 5.10 Å². The number of aromatic nitrogens is 3. The van der Waals surface area contributed by atoms with E-state index in [1.165, 1.54) is 0 Å². The van der Waals surface area contributed by atoms with Gasteiger partial charge >= 0.3 is 0 Å². The van der Waals surface area contributed by atoms with E-state index >= 15 is 0 Å². The molecule has 0 atom stereocenters. The standard InChI is InChI=1S/C13H14BrN5/c1-9(2)16-7-10-3-4-11(14)5-12(10)19-8-17-13(6-15)18-19/h3-5,8-9,16H,7H2,1-2H3. The van der Waals surface area contributed by atoms with Crippen molar-refractivity contribution in [2.45, 2.75) is 26.4 Å². The average Bonchev–Trinajstić information content (AvgIpc) is 2.85. The Morgan fingerprint density at radius 2 is 2.26 bits per heavy atom. The van der Waals surface area contributed by atoms with Crippen LogP contribution in [0.3, 0.4) is 0 Å². The predicted molar refractivity (Wildman–Crippen MR) is 75.7 cm³/mol. The third-order valence-corrected chi connectivity index (χ3v) is 3.08. The fourth-order valence-corrected chi connectivity index (χ4v) is 1.99. The number of rotatable bonds is 4. The lowest BCUT2D eigenvalue weighted by molar-refractivity contribution is 0.586. The second-order valence-electron chi connectivity index (χ2n) is 4.43. The minimum Gasteiger partial charge on any atom is -0.310 e. The SMILES string of the molecule is CC(C)NCc1ccc(Br)cc1-n1cnc(C#N)n1. The molecule has 6 heteroatoms. The first-order valence-electron chi connectivity index (χ1n) is 5.94. The molecular formula is C13H14BrN5. The summed E-state index contributed by atoms with van der Waals surface area (Å²) in [6.07, 6.45) is 1.55. The Hall–Kier alpha value is -1.71.